The van der Waals surface area contributed by atoms with Crippen LogP contribution in [0, 0.1) is 17.5 Å². The van der Waals surface area contributed by atoms with E-state index in [-0.39, 0.29) is 12.0 Å². The van der Waals surface area contributed by atoms with Gasteiger partial charge in [0.2, 0.25) is 5.91 Å². The Morgan fingerprint density at radius 1 is 0.947 bits per heavy atom. The van der Waals surface area contributed by atoms with Crippen LogP contribution in [0.5, 0.6) is 0 Å². The molecule has 0 atom stereocenters. The van der Waals surface area contributed by atoms with Crippen LogP contribution in [-0.2, 0) is 11.2 Å². The van der Waals surface area contributed by atoms with Crippen molar-refractivity contribution < 1.29 is 18.0 Å². The van der Waals surface area contributed by atoms with E-state index in [0.29, 0.717) is 5.69 Å². The Labute approximate surface area is 107 Å². The molecule has 2 nitrogen and oxygen atoms in total. The van der Waals surface area contributed by atoms with E-state index < -0.39 is 23.4 Å². The van der Waals surface area contributed by atoms with E-state index in [4.69, 9.17) is 0 Å². The molecule has 2 aromatic rings. The average Bonchev–Trinajstić information content (AvgIpc) is 2.36. The summed E-state index contributed by atoms with van der Waals surface area (Å²) in [6.45, 7) is 0. The van der Waals surface area contributed by atoms with E-state index >= 15 is 0 Å². The van der Waals surface area contributed by atoms with Gasteiger partial charge in [0, 0.05) is 11.8 Å². The van der Waals surface area contributed by atoms with Crippen molar-refractivity contribution in [3.8, 4) is 0 Å². The lowest BCUT2D eigenvalue weighted by molar-refractivity contribution is -0.115. The summed E-state index contributed by atoms with van der Waals surface area (Å²) >= 11 is 0. The number of anilines is 1. The first-order valence-electron chi connectivity index (χ1n) is 5.54. The molecule has 0 spiro atoms. The zero-order valence-electron chi connectivity index (χ0n) is 9.79. The molecular weight excluding hydrogens is 255 g/mol. The Kier molecular flexibility index (Phi) is 3.85. The molecule has 0 aromatic heterocycles. The summed E-state index contributed by atoms with van der Waals surface area (Å²) in [5.41, 5.74) is 0.509. The van der Waals surface area contributed by atoms with Gasteiger partial charge in [-0.3, -0.25) is 4.79 Å². The number of carbonyl (C=O) groups excluding carboxylic acids is 1. The Morgan fingerprint density at radius 3 is 2.21 bits per heavy atom. The molecule has 19 heavy (non-hydrogen) atoms. The maximum Gasteiger partial charge on any atom is 0.228 e. The first-order valence-corrected chi connectivity index (χ1v) is 5.54. The summed E-state index contributed by atoms with van der Waals surface area (Å²) in [5, 5.41) is 2.49. The monoisotopic (exact) mass is 265 g/mol. The number of hydrogen-bond donors (Lipinski definition) is 1. The van der Waals surface area contributed by atoms with Gasteiger partial charge >= 0.3 is 0 Å². The van der Waals surface area contributed by atoms with Gasteiger partial charge in [-0.2, -0.15) is 0 Å². The maximum absolute atomic E-state index is 13.3. The Bertz CT molecular complexity index is 596. The third-order valence-corrected chi connectivity index (χ3v) is 2.49. The molecule has 0 aliphatic rings. The van der Waals surface area contributed by atoms with Gasteiger partial charge in [0.15, 0.2) is 0 Å². The fourth-order valence-corrected chi connectivity index (χ4v) is 1.58. The third-order valence-electron chi connectivity index (χ3n) is 2.49. The molecular formula is C14H10F3NO. The molecule has 5 heteroatoms. The highest BCUT2D eigenvalue weighted by Crippen LogP contribution is 2.12. The lowest BCUT2D eigenvalue weighted by atomic mass is 10.1. The third kappa shape index (κ3) is 3.58. The van der Waals surface area contributed by atoms with E-state index in [2.05, 4.69) is 5.32 Å². The van der Waals surface area contributed by atoms with Gasteiger partial charge in [-0.25, -0.2) is 13.2 Å². The normalized spacial score (nSPS) is 10.3. The molecule has 2 rings (SSSR count). The summed E-state index contributed by atoms with van der Waals surface area (Å²) in [6.07, 6.45) is -0.219. The van der Waals surface area contributed by atoms with Gasteiger partial charge in [0.05, 0.1) is 6.42 Å². The molecule has 0 aliphatic heterocycles. The van der Waals surface area contributed by atoms with E-state index in [9.17, 15) is 18.0 Å². The molecule has 0 saturated carbocycles. The molecule has 1 N–H and O–H groups in total. The summed E-state index contributed by atoms with van der Waals surface area (Å²) in [4.78, 5) is 11.6. The van der Waals surface area contributed by atoms with Crippen molar-refractivity contribution in [1.82, 2.24) is 0 Å². The molecule has 0 aliphatic carbocycles. The van der Waals surface area contributed by atoms with Crippen LogP contribution in [-0.4, -0.2) is 5.91 Å². The SMILES string of the molecule is O=C(Cc1ccc(F)cc1F)Nc1ccc(F)cc1. The molecule has 2 aromatic carbocycles. The van der Waals surface area contributed by atoms with Crippen LogP contribution in [0.3, 0.4) is 0 Å². The first kappa shape index (κ1) is 13.1. The van der Waals surface area contributed by atoms with Crippen molar-refractivity contribution in [2.45, 2.75) is 6.42 Å². The van der Waals surface area contributed by atoms with Gasteiger partial charge < -0.3 is 5.32 Å². The second kappa shape index (κ2) is 5.56. The maximum atomic E-state index is 13.3. The summed E-state index contributed by atoms with van der Waals surface area (Å²) in [6, 6.07) is 8.23. The van der Waals surface area contributed by atoms with Crippen LogP contribution >= 0.6 is 0 Å². The number of carbonyl (C=O) groups is 1. The highest BCUT2D eigenvalue weighted by molar-refractivity contribution is 5.92. The average molecular weight is 265 g/mol. The smallest absolute Gasteiger partial charge is 0.228 e. The Hall–Kier alpha value is -2.30. The lowest BCUT2D eigenvalue weighted by Gasteiger charge is -2.06. The Balaban J connectivity index is 2.03. The van der Waals surface area contributed by atoms with E-state index in [1.165, 1.54) is 30.3 Å². The number of nitrogens with one attached hydrogen (secondary N) is 1. The molecule has 0 radical (unpaired) electrons. The molecule has 0 saturated heterocycles. The summed E-state index contributed by atoms with van der Waals surface area (Å²) in [5.74, 6) is -2.34. The molecule has 0 fully saturated rings. The first-order chi connectivity index (χ1) is 9.04. The zero-order valence-corrected chi connectivity index (χ0v) is 9.79. The van der Waals surface area contributed by atoms with Crippen LogP contribution in [0.2, 0.25) is 0 Å². The van der Waals surface area contributed by atoms with Crippen molar-refractivity contribution in [1.29, 1.82) is 0 Å². The van der Waals surface area contributed by atoms with Crippen LogP contribution in [0.15, 0.2) is 42.5 Å². The molecule has 0 heterocycles. The van der Waals surface area contributed by atoms with Gasteiger partial charge in [-0.1, -0.05) is 6.07 Å². The van der Waals surface area contributed by atoms with Crippen LogP contribution < -0.4 is 5.32 Å². The van der Waals surface area contributed by atoms with Crippen molar-refractivity contribution >= 4 is 11.6 Å². The van der Waals surface area contributed by atoms with Gasteiger partial charge in [0.1, 0.15) is 17.5 Å². The zero-order chi connectivity index (χ0) is 13.8. The van der Waals surface area contributed by atoms with E-state index in [1.54, 1.807) is 0 Å². The standard InChI is InChI=1S/C14H10F3NO/c15-10-3-5-12(6-4-10)18-14(19)7-9-1-2-11(16)8-13(9)17/h1-6,8H,7H2,(H,18,19). The molecule has 0 unspecified atom stereocenters. The van der Waals surface area contributed by atoms with Crippen molar-refractivity contribution in [3.05, 3.63) is 65.5 Å². The quantitative estimate of drug-likeness (QED) is 0.906. The topological polar surface area (TPSA) is 29.1 Å². The number of amides is 1. The highest BCUT2D eigenvalue weighted by atomic mass is 19.1. The van der Waals surface area contributed by atoms with Gasteiger partial charge in [0.25, 0.3) is 0 Å². The number of rotatable bonds is 3. The molecule has 0 bridgehead atoms. The van der Waals surface area contributed by atoms with Crippen molar-refractivity contribution in [2.75, 3.05) is 5.32 Å². The fourth-order valence-electron chi connectivity index (χ4n) is 1.58. The van der Waals surface area contributed by atoms with E-state index in [0.717, 1.165) is 12.1 Å². The number of hydrogen-bond acceptors (Lipinski definition) is 1. The summed E-state index contributed by atoms with van der Waals surface area (Å²) in [7, 11) is 0. The van der Waals surface area contributed by atoms with Gasteiger partial charge in [-0.15, -0.1) is 0 Å². The minimum Gasteiger partial charge on any atom is -0.326 e. The minimum absolute atomic E-state index is 0.0982. The van der Waals surface area contributed by atoms with Crippen molar-refractivity contribution in [2.24, 2.45) is 0 Å². The summed E-state index contributed by atoms with van der Waals surface area (Å²) < 4.78 is 38.7. The molecule has 98 valence electrons. The van der Waals surface area contributed by atoms with Crippen molar-refractivity contribution in [3.63, 3.8) is 0 Å². The largest absolute Gasteiger partial charge is 0.326 e. The number of benzene rings is 2. The molecule has 1 amide bonds. The lowest BCUT2D eigenvalue weighted by Crippen LogP contribution is -2.15. The van der Waals surface area contributed by atoms with Gasteiger partial charge in [-0.05, 0) is 35.9 Å². The predicted molar refractivity (Wildman–Crippen MR) is 65.1 cm³/mol. The van der Waals surface area contributed by atoms with E-state index in [1.807, 2.05) is 0 Å². The fraction of sp³-hybridized carbons (Fsp3) is 0.0714. The van der Waals surface area contributed by atoms with Crippen LogP contribution in [0.25, 0.3) is 0 Å². The highest BCUT2D eigenvalue weighted by Gasteiger charge is 2.09. The second-order valence-electron chi connectivity index (χ2n) is 3.97. The van der Waals surface area contributed by atoms with Crippen LogP contribution in [0.1, 0.15) is 5.56 Å². The Morgan fingerprint density at radius 2 is 1.58 bits per heavy atom. The predicted octanol–water partition coefficient (Wildman–Crippen LogP) is 3.29. The van der Waals surface area contributed by atoms with Crippen LogP contribution in [0.4, 0.5) is 18.9 Å². The minimum atomic E-state index is -0.769. The number of halogens is 3. The second-order valence-corrected chi connectivity index (χ2v) is 3.97.